The molecular weight excluding hydrogens is 679 g/mol. The first-order valence-electron chi connectivity index (χ1n) is 13.1. The maximum Gasteiger partial charge on any atom is 0.341 e. The van der Waals surface area contributed by atoms with Gasteiger partial charge in [0.2, 0.25) is 0 Å². The molecule has 1 aliphatic heterocycles. The quantitative estimate of drug-likeness (QED) is 0.0601. The number of aliphatic carboxylic acids is 1. The summed E-state index contributed by atoms with van der Waals surface area (Å²) in [6.07, 6.45) is 0.256. The summed E-state index contributed by atoms with van der Waals surface area (Å²) >= 11 is 2.01. The molecule has 0 radical (unpaired) electrons. The first kappa shape index (κ1) is 33.3. The Morgan fingerprint density at radius 3 is 2.49 bits per heavy atom. The molecule has 5 N–H and O–H groups in total. The van der Waals surface area contributed by atoms with Crippen LogP contribution in [-0.2, 0) is 14.3 Å². The molecule has 43 heavy (non-hydrogen) atoms. The largest absolute Gasteiger partial charge is 0.490 e. The third kappa shape index (κ3) is 9.12. The van der Waals surface area contributed by atoms with Gasteiger partial charge in [-0.1, -0.05) is 6.07 Å². The maximum atomic E-state index is 12.4. The Bertz CT molecular complexity index is 1400. The van der Waals surface area contributed by atoms with Crippen LogP contribution < -0.4 is 35.0 Å². The Kier molecular flexibility index (Phi) is 12.2. The molecule has 15 heteroatoms. The molecule has 2 atom stereocenters. The van der Waals surface area contributed by atoms with Gasteiger partial charge >= 0.3 is 18.0 Å². The van der Waals surface area contributed by atoms with Crippen molar-refractivity contribution in [1.82, 2.24) is 16.1 Å². The number of carbonyl (C=O) groups excluding carboxylic acids is 2. The topological polar surface area (TPSA) is 186 Å². The minimum Gasteiger partial charge on any atom is -0.490 e. The molecule has 2 amide bonds. The summed E-state index contributed by atoms with van der Waals surface area (Å²) in [7, 11) is 1.26. The van der Waals surface area contributed by atoms with Crippen LogP contribution in [0.2, 0.25) is 0 Å². The number of urea groups is 1. The average molecular weight is 712 g/mol. The second kappa shape index (κ2) is 15.8. The van der Waals surface area contributed by atoms with E-state index in [1.807, 2.05) is 22.6 Å². The highest BCUT2D eigenvalue weighted by Gasteiger charge is 2.32. The van der Waals surface area contributed by atoms with Crippen LogP contribution in [0.25, 0.3) is 0 Å². The molecule has 0 saturated carbocycles. The maximum absolute atomic E-state index is 12.4. The highest BCUT2D eigenvalue weighted by atomic mass is 127. The van der Waals surface area contributed by atoms with Crippen molar-refractivity contribution in [3.63, 3.8) is 0 Å². The molecule has 0 bridgehead atoms. The highest BCUT2D eigenvalue weighted by Crippen LogP contribution is 2.35. The van der Waals surface area contributed by atoms with E-state index in [1.54, 1.807) is 51.1 Å². The normalized spacial score (nSPS) is 15.3. The predicted octanol–water partition coefficient (Wildman–Crippen LogP) is 2.67. The number of carboxylic acids is 1. The zero-order valence-corrected chi connectivity index (χ0v) is 26.1. The number of aliphatic hydroxyl groups is 1. The number of amides is 2. The molecule has 232 valence electrons. The van der Waals surface area contributed by atoms with E-state index in [9.17, 15) is 19.5 Å². The Hall–Kier alpha value is -4.25. The highest BCUT2D eigenvalue weighted by molar-refractivity contribution is 14.1. The van der Waals surface area contributed by atoms with Gasteiger partial charge in [-0.05, 0) is 78.8 Å². The van der Waals surface area contributed by atoms with Crippen molar-refractivity contribution < 1.29 is 48.3 Å². The molecule has 1 heterocycles. The molecule has 3 rings (SSSR count). The Labute approximate surface area is 261 Å². The lowest BCUT2D eigenvalue weighted by Crippen LogP contribution is -2.45. The van der Waals surface area contributed by atoms with E-state index in [4.69, 9.17) is 28.8 Å². The van der Waals surface area contributed by atoms with Crippen molar-refractivity contribution in [2.75, 3.05) is 33.5 Å². The molecule has 14 nitrogen and oxygen atoms in total. The predicted molar refractivity (Wildman–Crippen MR) is 162 cm³/mol. The summed E-state index contributed by atoms with van der Waals surface area (Å²) in [5.41, 5.74) is 4.38. The minimum atomic E-state index is -1.20. The molecule has 0 spiro atoms. The SMILES string of the molecule is CCOc1cc([C@H]2NC(=O)NC(C)=C2C(=O)OC)ccc1OC[C@H](O)N/N=C\c1cc(I)c(OCC(=O)O)c(OCC)c1. The molecular formula is C28H33IN4O10. The number of aliphatic hydroxyl groups excluding tert-OH is 1. The third-order valence-corrected chi connectivity index (χ3v) is 6.58. The fourth-order valence-electron chi connectivity index (χ4n) is 4.02. The number of hydrazone groups is 1. The van der Waals surface area contributed by atoms with Gasteiger partial charge in [0.1, 0.15) is 6.61 Å². The molecule has 0 aliphatic carbocycles. The van der Waals surface area contributed by atoms with Crippen molar-refractivity contribution in [2.45, 2.75) is 33.0 Å². The van der Waals surface area contributed by atoms with E-state index in [0.29, 0.717) is 56.6 Å². The zero-order valence-electron chi connectivity index (χ0n) is 23.9. The van der Waals surface area contributed by atoms with Gasteiger partial charge in [0.25, 0.3) is 0 Å². The molecule has 2 aromatic carbocycles. The van der Waals surface area contributed by atoms with Crippen LogP contribution in [0, 0.1) is 3.57 Å². The van der Waals surface area contributed by atoms with Crippen LogP contribution in [0.15, 0.2) is 46.7 Å². The summed E-state index contributed by atoms with van der Waals surface area (Å²) in [6, 6.07) is 7.04. The van der Waals surface area contributed by atoms with E-state index >= 15 is 0 Å². The number of ether oxygens (including phenoxy) is 5. The lowest BCUT2D eigenvalue weighted by molar-refractivity contribution is -0.139. The van der Waals surface area contributed by atoms with Crippen LogP contribution >= 0.6 is 22.6 Å². The van der Waals surface area contributed by atoms with Gasteiger partial charge in [0, 0.05) is 5.70 Å². The van der Waals surface area contributed by atoms with E-state index in [-0.39, 0.29) is 12.2 Å². The summed E-state index contributed by atoms with van der Waals surface area (Å²) in [4.78, 5) is 35.4. The van der Waals surface area contributed by atoms with Crippen molar-refractivity contribution in [3.05, 3.63) is 56.3 Å². The van der Waals surface area contributed by atoms with E-state index in [0.717, 1.165) is 0 Å². The lowest BCUT2D eigenvalue weighted by atomic mass is 9.95. The van der Waals surface area contributed by atoms with Crippen LogP contribution in [-0.4, -0.2) is 74.2 Å². The smallest absolute Gasteiger partial charge is 0.341 e. The van der Waals surface area contributed by atoms with Gasteiger partial charge < -0.3 is 44.5 Å². The molecule has 0 fully saturated rings. The van der Waals surface area contributed by atoms with Crippen LogP contribution in [0.5, 0.6) is 23.0 Å². The number of benzene rings is 2. The number of methoxy groups -OCH3 is 1. The van der Waals surface area contributed by atoms with Gasteiger partial charge in [0.15, 0.2) is 35.8 Å². The number of rotatable bonds is 15. The fourth-order valence-corrected chi connectivity index (χ4v) is 4.80. The number of nitrogens with zero attached hydrogens (tertiary/aromatic N) is 1. The van der Waals surface area contributed by atoms with E-state index < -0.39 is 36.8 Å². The Morgan fingerprint density at radius 2 is 1.81 bits per heavy atom. The first-order chi connectivity index (χ1) is 20.6. The van der Waals surface area contributed by atoms with Gasteiger partial charge in [-0.3, -0.25) is 5.43 Å². The van der Waals surface area contributed by atoms with Crippen molar-refractivity contribution in [3.8, 4) is 23.0 Å². The number of carbonyl (C=O) groups is 3. The number of hydrogen-bond acceptors (Lipinski definition) is 11. The van der Waals surface area contributed by atoms with Crippen molar-refractivity contribution in [1.29, 1.82) is 0 Å². The molecule has 1 aliphatic rings. The number of halogens is 1. The third-order valence-electron chi connectivity index (χ3n) is 5.78. The average Bonchev–Trinajstić information content (AvgIpc) is 2.95. The number of allylic oxidation sites excluding steroid dienone is 1. The minimum absolute atomic E-state index is 0.197. The lowest BCUT2D eigenvalue weighted by Gasteiger charge is -2.28. The fraction of sp³-hybridized carbons (Fsp3) is 0.357. The van der Waals surface area contributed by atoms with Crippen LogP contribution in [0.1, 0.15) is 37.9 Å². The second-order valence-corrected chi connectivity index (χ2v) is 10.0. The Morgan fingerprint density at radius 1 is 1.09 bits per heavy atom. The van der Waals surface area contributed by atoms with Gasteiger partial charge in [-0.15, -0.1) is 0 Å². The first-order valence-corrected chi connectivity index (χ1v) is 14.2. The molecule has 0 unspecified atom stereocenters. The molecule has 0 aromatic heterocycles. The number of hydrogen-bond donors (Lipinski definition) is 5. The van der Waals surface area contributed by atoms with Gasteiger partial charge in [0.05, 0.1) is 41.7 Å². The summed E-state index contributed by atoms with van der Waals surface area (Å²) in [6.45, 7) is 5.14. The standard InChI is InChI=1S/C28H33IN4O10/c1-5-40-20-11-17(25-24(27(37)39-4)15(3)31-28(38)32-25)7-8-19(20)42-13-22(34)33-30-12-16-9-18(29)26(43-14-23(35)36)21(10-16)41-6-2/h7-12,22,25,33-34H,5-6,13-14H2,1-4H3,(H,35,36)(H2,31,32,38)/b30-12-/t22-,25+/m0/s1. The number of carboxylic acid groups (broad SMARTS) is 1. The van der Waals surface area contributed by atoms with Gasteiger partial charge in [-0.2, -0.15) is 5.10 Å². The number of esters is 1. The van der Waals surface area contributed by atoms with Crippen LogP contribution in [0.4, 0.5) is 4.79 Å². The van der Waals surface area contributed by atoms with Crippen molar-refractivity contribution in [2.24, 2.45) is 5.10 Å². The molecule has 0 saturated heterocycles. The Balaban J connectivity index is 1.69. The van der Waals surface area contributed by atoms with E-state index in [1.165, 1.54) is 13.3 Å². The van der Waals surface area contributed by atoms with Crippen LogP contribution in [0.3, 0.4) is 0 Å². The summed E-state index contributed by atoms with van der Waals surface area (Å²) in [5.74, 6) is -0.355. The summed E-state index contributed by atoms with van der Waals surface area (Å²) in [5, 5.41) is 28.7. The second-order valence-electron chi connectivity index (χ2n) is 8.86. The monoisotopic (exact) mass is 712 g/mol. The van der Waals surface area contributed by atoms with Crippen molar-refractivity contribution >= 4 is 46.8 Å². The molecule has 2 aromatic rings. The zero-order chi connectivity index (χ0) is 31.5. The summed E-state index contributed by atoms with van der Waals surface area (Å²) < 4.78 is 27.9. The van der Waals surface area contributed by atoms with E-state index in [2.05, 4.69) is 21.2 Å². The number of nitrogens with one attached hydrogen (secondary N) is 3. The van der Waals surface area contributed by atoms with Gasteiger partial charge in [-0.25, -0.2) is 14.4 Å².